The molecule has 0 radical (unpaired) electrons. The molecule has 3 aliphatic rings. The van der Waals surface area contributed by atoms with Crippen molar-refractivity contribution in [1.29, 1.82) is 0 Å². The number of rotatable bonds is 11. The summed E-state index contributed by atoms with van der Waals surface area (Å²) in [5.74, 6) is -2.58. The van der Waals surface area contributed by atoms with Gasteiger partial charge in [0.2, 0.25) is 0 Å². The van der Waals surface area contributed by atoms with Gasteiger partial charge in [0.05, 0.1) is 30.0 Å². The van der Waals surface area contributed by atoms with Crippen molar-refractivity contribution in [3.8, 4) is 11.3 Å². The highest BCUT2D eigenvalue weighted by Gasteiger charge is 2.59. The number of hydrogen-bond donors (Lipinski definition) is 3. The van der Waals surface area contributed by atoms with E-state index in [9.17, 15) is 19.5 Å². The van der Waals surface area contributed by atoms with Crippen LogP contribution in [0.15, 0.2) is 30.5 Å². The third-order valence-electron chi connectivity index (χ3n) is 12.5. The predicted molar refractivity (Wildman–Crippen MR) is 224 cm³/mol. The van der Waals surface area contributed by atoms with Gasteiger partial charge in [0.15, 0.2) is 17.7 Å². The highest BCUT2D eigenvalue weighted by atomic mass is 19.1. The Hall–Kier alpha value is -3.74. The zero-order chi connectivity index (χ0) is 43.4. The van der Waals surface area contributed by atoms with E-state index >= 15 is 4.39 Å². The number of methoxy groups -OCH3 is 1. The van der Waals surface area contributed by atoms with Gasteiger partial charge in [-0.25, -0.2) is 14.0 Å². The number of nitrogen functional groups attached to an aromatic ring is 1. The molecule has 4 N–H and O–H groups in total. The predicted octanol–water partition coefficient (Wildman–Crippen LogP) is 4.77. The van der Waals surface area contributed by atoms with Crippen LogP contribution >= 0.6 is 0 Å². The number of aromatic nitrogens is 3. The number of anilines is 1. The lowest BCUT2D eigenvalue weighted by Gasteiger charge is -2.45. The first-order chi connectivity index (χ1) is 27.7. The highest BCUT2D eigenvalue weighted by molar-refractivity contribution is 6.07. The van der Waals surface area contributed by atoms with Gasteiger partial charge in [-0.3, -0.25) is 14.4 Å². The Bertz CT molecular complexity index is 1760. The van der Waals surface area contributed by atoms with Gasteiger partial charge in [0.25, 0.3) is 5.67 Å². The highest BCUT2D eigenvalue weighted by Crippen LogP contribution is 2.40. The number of carbonyl (C=O) groups is 3. The number of nitrogens with one attached hydrogen (secondary N) is 1. The van der Waals surface area contributed by atoms with Crippen LogP contribution in [-0.2, 0) is 39.8 Å². The standard InChI is InChI=1S/C42H66FN7O9.CH4/c1-11-33-42(7)36(50(39(54)59-42)18-13-12-17-49-24-30(46-47-49)28-15-14-16-29(44)20-28)27(4)45-23-25(2)22-40(5,55-10)34(21-32(51)41(6,43)38(53)58-33)57-37-35(52)31(48(8)9)19-26(3)56-37;/h14-16,20,24-27,31,33-37,45,52H,11-13,17-19,21-23,44H2,1-10H3;1H4/t25-,26-,27-,31?,33-,34-,35?,36-,37+,40-,41?,42-;/m1./s1. The topological polar surface area (TPSA) is 193 Å². The zero-order valence-corrected chi connectivity index (χ0v) is 36.4. The molecule has 3 aliphatic heterocycles. The van der Waals surface area contributed by atoms with Crippen molar-refractivity contribution >= 4 is 23.5 Å². The molecule has 3 fully saturated rings. The number of ether oxygens (including phenoxy) is 5. The number of carbonyl (C=O) groups excluding carboxylic acids is 3. The van der Waals surface area contributed by atoms with Gasteiger partial charge in [-0.15, -0.1) is 5.10 Å². The molecule has 0 saturated carbocycles. The third kappa shape index (κ3) is 10.6. The van der Waals surface area contributed by atoms with Crippen LogP contribution in [0.2, 0.25) is 0 Å². The molecular formula is C43H70FN7O9. The number of aliphatic hydroxyl groups excluding tert-OH is 1. The van der Waals surface area contributed by atoms with Gasteiger partial charge >= 0.3 is 12.1 Å². The number of amides is 1. The van der Waals surface area contributed by atoms with Gasteiger partial charge in [0, 0.05) is 50.0 Å². The lowest BCUT2D eigenvalue weighted by atomic mass is 9.83. The number of aliphatic hydroxyl groups is 1. The third-order valence-corrected chi connectivity index (χ3v) is 12.5. The van der Waals surface area contributed by atoms with Crippen LogP contribution in [0.4, 0.5) is 14.9 Å². The van der Waals surface area contributed by atoms with Gasteiger partial charge in [-0.2, -0.15) is 0 Å². The van der Waals surface area contributed by atoms with Gasteiger partial charge in [-0.1, -0.05) is 38.6 Å². The number of likely N-dealkylation sites (N-methyl/N-ethyl adjacent to an activating group) is 1. The van der Waals surface area contributed by atoms with E-state index in [-0.39, 0.29) is 31.9 Å². The van der Waals surface area contributed by atoms with E-state index in [0.29, 0.717) is 56.7 Å². The molecule has 0 aliphatic carbocycles. The first-order valence-corrected chi connectivity index (χ1v) is 20.9. The van der Waals surface area contributed by atoms with Crippen molar-refractivity contribution in [3.05, 3.63) is 30.5 Å². The summed E-state index contributed by atoms with van der Waals surface area (Å²) in [5, 5.41) is 23.5. The number of nitrogens with zero attached hydrogens (tertiary/aromatic N) is 5. The molecule has 4 heterocycles. The SMILES string of the molecule is C.CC[C@H]1OC(=O)C(C)(F)C(=O)C[C@@H](O[C@@H]2O[C@H](C)CC(N(C)C)C2O)[C@](C)(OC)C[C@@H](C)CN[C@H](C)[C@H]2N(CCCCn3cc(-c4cccc(N)c4)nn3)C(=O)O[C@]12C. The second-order valence-electron chi connectivity index (χ2n) is 17.5. The minimum Gasteiger partial charge on any atom is -0.455 e. The number of aryl methyl sites for hydroxylation is 1. The second kappa shape index (κ2) is 20.0. The minimum atomic E-state index is -3.10. The first-order valence-electron chi connectivity index (χ1n) is 20.9. The van der Waals surface area contributed by atoms with Crippen LogP contribution in [0.25, 0.3) is 11.3 Å². The van der Waals surface area contributed by atoms with Crippen LogP contribution in [-0.4, -0.2) is 148 Å². The van der Waals surface area contributed by atoms with E-state index in [1.54, 1.807) is 36.4 Å². The molecular weight excluding hydrogens is 778 g/mol. The smallest absolute Gasteiger partial charge is 0.410 e. The quantitative estimate of drug-likeness (QED) is 0.121. The maximum atomic E-state index is 16.7. The van der Waals surface area contributed by atoms with E-state index in [4.69, 9.17) is 29.4 Å². The van der Waals surface area contributed by atoms with Crippen LogP contribution in [0, 0.1) is 5.92 Å². The summed E-state index contributed by atoms with van der Waals surface area (Å²) >= 11 is 0. The maximum absolute atomic E-state index is 16.7. The summed E-state index contributed by atoms with van der Waals surface area (Å²) in [5.41, 5.74) is 2.43. The fourth-order valence-corrected chi connectivity index (χ4v) is 8.93. The average molecular weight is 848 g/mol. The Morgan fingerprint density at radius 1 is 1.12 bits per heavy atom. The lowest BCUT2D eigenvalue weighted by Crippen LogP contribution is -2.61. The number of alkyl halides is 1. The first kappa shape index (κ1) is 48.9. The van der Waals surface area contributed by atoms with Gasteiger partial charge in [-0.05, 0) is 105 Å². The Kier molecular flexibility index (Phi) is 16.3. The number of Topliss-reactive ketones (excluding diaryl/α,β-unsaturated/α-hetero) is 1. The Balaban J connectivity index is 0.00000794. The molecule has 16 nitrogen and oxygen atoms in total. The fourth-order valence-electron chi connectivity index (χ4n) is 8.93. The van der Waals surface area contributed by atoms with Crippen molar-refractivity contribution in [2.75, 3.05) is 40.0 Å². The summed E-state index contributed by atoms with van der Waals surface area (Å²) in [7, 11) is 5.19. The molecule has 3 saturated heterocycles. The molecule has 17 heteroatoms. The van der Waals surface area contributed by atoms with E-state index < -0.39 is 77.8 Å². The van der Waals surface area contributed by atoms with Crippen molar-refractivity contribution in [1.82, 2.24) is 30.1 Å². The molecule has 5 rings (SSSR count). The second-order valence-corrected chi connectivity index (χ2v) is 17.5. The molecule has 3 unspecified atom stereocenters. The van der Waals surface area contributed by atoms with Crippen LogP contribution < -0.4 is 11.1 Å². The fraction of sp³-hybridized carbons (Fsp3) is 0.744. The summed E-state index contributed by atoms with van der Waals surface area (Å²) in [6, 6.07) is 6.08. The van der Waals surface area contributed by atoms with Crippen molar-refractivity contribution in [2.24, 2.45) is 5.92 Å². The largest absolute Gasteiger partial charge is 0.455 e. The Labute approximate surface area is 354 Å². The van der Waals surface area contributed by atoms with Crippen molar-refractivity contribution in [2.45, 2.75) is 167 Å². The molecule has 12 atom stereocenters. The number of halogens is 1. The van der Waals surface area contributed by atoms with Crippen LogP contribution in [0.3, 0.4) is 0 Å². The molecule has 0 spiro atoms. The lowest BCUT2D eigenvalue weighted by molar-refractivity contribution is -0.289. The number of benzene rings is 1. The van der Waals surface area contributed by atoms with Gasteiger partial charge < -0.3 is 44.7 Å². The minimum absolute atomic E-state index is 0. The molecule has 60 heavy (non-hydrogen) atoms. The number of nitrogens with two attached hydrogens (primary N) is 1. The number of cyclic esters (lactones) is 1. The van der Waals surface area contributed by atoms with E-state index in [2.05, 4.69) is 15.6 Å². The molecule has 1 aromatic heterocycles. The normalized spacial score (nSPS) is 35.9. The zero-order valence-electron chi connectivity index (χ0n) is 36.4. The summed E-state index contributed by atoms with van der Waals surface area (Å²) in [6.45, 7) is 13.3. The monoisotopic (exact) mass is 848 g/mol. The number of esters is 1. The molecule has 0 bridgehead atoms. The average Bonchev–Trinajstić information content (AvgIpc) is 3.76. The van der Waals surface area contributed by atoms with Crippen LogP contribution in [0.5, 0.6) is 0 Å². The van der Waals surface area contributed by atoms with E-state index in [1.807, 2.05) is 64.2 Å². The molecule has 338 valence electrons. The number of hydrogen-bond acceptors (Lipinski definition) is 14. The molecule has 2 aromatic rings. The van der Waals surface area contributed by atoms with E-state index in [1.165, 1.54) is 7.11 Å². The van der Waals surface area contributed by atoms with Crippen LogP contribution in [0.1, 0.15) is 94.4 Å². The van der Waals surface area contributed by atoms with Crippen molar-refractivity contribution in [3.63, 3.8) is 0 Å². The van der Waals surface area contributed by atoms with E-state index in [0.717, 1.165) is 12.5 Å². The van der Waals surface area contributed by atoms with Crippen molar-refractivity contribution < 1.29 is 47.6 Å². The van der Waals surface area contributed by atoms with Gasteiger partial charge in [0.1, 0.15) is 17.9 Å². The molecule has 1 amide bonds. The maximum Gasteiger partial charge on any atom is 0.410 e. The number of ketones is 1. The Morgan fingerprint density at radius 3 is 2.47 bits per heavy atom. The summed E-state index contributed by atoms with van der Waals surface area (Å²) in [6.07, 6.45) is -1.74. The summed E-state index contributed by atoms with van der Waals surface area (Å²) in [4.78, 5) is 45.1. The number of unbranched alkanes of at least 4 members (excludes halogenated alkanes) is 1. The number of fused-ring (bicyclic) bond motifs is 1. The Morgan fingerprint density at radius 2 is 1.82 bits per heavy atom. The molecule has 1 aromatic carbocycles. The summed E-state index contributed by atoms with van der Waals surface area (Å²) < 4.78 is 49.0.